The summed E-state index contributed by atoms with van der Waals surface area (Å²) in [5.41, 5.74) is 3.42. The minimum atomic E-state index is 0.499. The zero-order valence-electron chi connectivity index (χ0n) is 15.6. The van der Waals surface area contributed by atoms with Crippen LogP contribution in [-0.2, 0) is 13.0 Å². The van der Waals surface area contributed by atoms with Crippen LogP contribution < -0.4 is 10.6 Å². The summed E-state index contributed by atoms with van der Waals surface area (Å²) in [6, 6.07) is 16.1. The fourth-order valence-electron chi connectivity index (χ4n) is 2.75. The van der Waals surface area contributed by atoms with E-state index in [1.54, 1.807) is 0 Å². The van der Waals surface area contributed by atoms with Crippen molar-refractivity contribution in [1.82, 2.24) is 9.78 Å². The van der Waals surface area contributed by atoms with Crippen LogP contribution in [0.1, 0.15) is 30.9 Å². The van der Waals surface area contributed by atoms with Gasteiger partial charge < -0.3 is 10.6 Å². The average molecular weight is 478 g/mol. The average Bonchev–Trinajstić information content (AvgIpc) is 3.02. The molecule has 2 aromatic carbocycles. The molecule has 0 spiro atoms. The number of aryl methyl sites for hydroxylation is 1. The Kier molecular flexibility index (Phi) is 7.48. The first-order chi connectivity index (χ1) is 13.5. The zero-order valence-corrected chi connectivity index (χ0v) is 18.7. The second-order valence-electron chi connectivity index (χ2n) is 6.53. The molecule has 0 saturated carbocycles. The smallest absolute Gasteiger partial charge is 0.176 e. The summed E-state index contributed by atoms with van der Waals surface area (Å²) in [5, 5.41) is 12.1. The van der Waals surface area contributed by atoms with E-state index in [4.69, 9.17) is 23.8 Å². The number of hydrogen-bond acceptors (Lipinski definition) is 2. The van der Waals surface area contributed by atoms with Gasteiger partial charge in [-0.25, -0.2) is 0 Å². The fraction of sp³-hybridized carbons (Fsp3) is 0.238. The predicted molar refractivity (Wildman–Crippen MR) is 125 cm³/mol. The highest BCUT2D eigenvalue weighted by Gasteiger charge is 2.09. The number of anilines is 2. The van der Waals surface area contributed by atoms with Crippen LogP contribution in [0.25, 0.3) is 0 Å². The van der Waals surface area contributed by atoms with Gasteiger partial charge in [-0.05, 0) is 76.4 Å². The zero-order chi connectivity index (χ0) is 19.9. The maximum absolute atomic E-state index is 5.94. The lowest BCUT2D eigenvalue weighted by Gasteiger charge is -2.10. The molecule has 0 aliphatic rings. The van der Waals surface area contributed by atoms with Gasteiger partial charge in [-0.2, -0.15) is 5.10 Å². The first-order valence-electron chi connectivity index (χ1n) is 9.18. The molecule has 2 N–H and O–H groups in total. The number of rotatable bonds is 7. The van der Waals surface area contributed by atoms with Gasteiger partial charge in [-0.1, -0.05) is 49.2 Å². The molecule has 0 fully saturated rings. The third-order valence-corrected chi connectivity index (χ3v) is 5.27. The molecule has 0 aliphatic carbocycles. The van der Waals surface area contributed by atoms with Crippen LogP contribution in [0.3, 0.4) is 0 Å². The Morgan fingerprint density at radius 2 is 1.75 bits per heavy atom. The molecule has 0 saturated heterocycles. The SMILES string of the molecule is CCCCc1ccc(NC(=S)Nc2nn(Cc3ccc(Cl)cc3)cc2Br)cc1. The number of aromatic nitrogens is 2. The van der Waals surface area contributed by atoms with E-state index in [1.165, 1.54) is 18.4 Å². The van der Waals surface area contributed by atoms with E-state index in [1.807, 2.05) is 47.3 Å². The van der Waals surface area contributed by atoms with Crippen molar-refractivity contribution >= 4 is 56.4 Å². The minimum absolute atomic E-state index is 0.499. The number of benzene rings is 2. The standard InChI is InChI=1S/C21H22BrClN4S/c1-2-3-4-15-7-11-18(12-8-15)24-21(28)25-20-19(22)14-27(26-20)13-16-5-9-17(23)10-6-16/h5-12,14H,2-4,13H2,1H3,(H2,24,25,26,28). The Bertz CT molecular complexity index is 923. The molecule has 0 bridgehead atoms. The van der Waals surface area contributed by atoms with Crippen LogP contribution in [0.2, 0.25) is 5.02 Å². The van der Waals surface area contributed by atoms with Gasteiger partial charge in [-0.15, -0.1) is 0 Å². The van der Waals surface area contributed by atoms with E-state index >= 15 is 0 Å². The van der Waals surface area contributed by atoms with Crippen molar-refractivity contribution in [2.24, 2.45) is 0 Å². The summed E-state index contributed by atoms with van der Waals surface area (Å²) in [4.78, 5) is 0. The van der Waals surface area contributed by atoms with Crippen LogP contribution >= 0.6 is 39.7 Å². The first kappa shape index (κ1) is 20.8. The second-order valence-corrected chi connectivity index (χ2v) is 8.23. The largest absolute Gasteiger partial charge is 0.332 e. The summed E-state index contributed by atoms with van der Waals surface area (Å²) in [6.45, 7) is 2.85. The molecule has 3 rings (SSSR count). The lowest BCUT2D eigenvalue weighted by atomic mass is 10.1. The number of unbranched alkanes of at least 4 members (excludes halogenated alkanes) is 1. The molecule has 1 aromatic heterocycles. The van der Waals surface area contributed by atoms with E-state index in [0.717, 1.165) is 27.2 Å². The van der Waals surface area contributed by atoms with Crippen molar-refractivity contribution in [3.8, 4) is 0 Å². The maximum Gasteiger partial charge on any atom is 0.176 e. The first-order valence-corrected chi connectivity index (χ1v) is 10.8. The normalized spacial score (nSPS) is 10.7. The van der Waals surface area contributed by atoms with Gasteiger partial charge in [0.05, 0.1) is 11.0 Å². The van der Waals surface area contributed by atoms with E-state index < -0.39 is 0 Å². The Hall–Kier alpha value is -1.89. The van der Waals surface area contributed by atoms with Crippen molar-refractivity contribution in [3.05, 3.63) is 75.4 Å². The molecule has 7 heteroatoms. The third-order valence-electron chi connectivity index (χ3n) is 4.24. The molecule has 3 aromatic rings. The van der Waals surface area contributed by atoms with E-state index in [0.29, 0.717) is 17.5 Å². The Morgan fingerprint density at radius 1 is 1.07 bits per heavy atom. The van der Waals surface area contributed by atoms with E-state index in [9.17, 15) is 0 Å². The van der Waals surface area contributed by atoms with E-state index in [2.05, 4.69) is 50.7 Å². The molecule has 1 heterocycles. The number of thiocarbonyl (C=S) groups is 1. The quantitative estimate of drug-likeness (QED) is 0.381. The molecule has 4 nitrogen and oxygen atoms in total. The molecule has 0 radical (unpaired) electrons. The summed E-state index contributed by atoms with van der Waals surface area (Å²) in [7, 11) is 0. The van der Waals surface area contributed by atoms with Crippen LogP contribution in [0.4, 0.5) is 11.5 Å². The number of nitrogens with one attached hydrogen (secondary N) is 2. The van der Waals surface area contributed by atoms with Gasteiger partial charge in [-0.3, -0.25) is 4.68 Å². The summed E-state index contributed by atoms with van der Waals surface area (Å²) < 4.78 is 2.70. The molecular formula is C21H22BrClN4S. The van der Waals surface area contributed by atoms with Crippen molar-refractivity contribution < 1.29 is 0 Å². The molecular weight excluding hydrogens is 456 g/mol. The number of halogens is 2. The highest BCUT2D eigenvalue weighted by atomic mass is 79.9. The molecule has 0 amide bonds. The van der Waals surface area contributed by atoms with Gasteiger partial charge in [0.1, 0.15) is 0 Å². The molecule has 0 atom stereocenters. The van der Waals surface area contributed by atoms with Crippen LogP contribution in [0, 0.1) is 0 Å². The highest BCUT2D eigenvalue weighted by Crippen LogP contribution is 2.22. The molecule has 0 unspecified atom stereocenters. The number of hydrogen-bond donors (Lipinski definition) is 2. The van der Waals surface area contributed by atoms with Crippen molar-refractivity contribution in [2.45, 2.75) is 32.7 Å². The fourth-order valence-corrected chi connectivity index (χ4v) is 3.50. The lowest BCUT2D eigenvalue weighted by molar-refractivity contribution is 0.689. The van der Waals surface area contributed by atoms with Gasteiger partial charge in [0.15, 0.2) is 10.9 Å². The Labute approximate surface area is 184 Å². The van der Waals surface area contributed by atoms with E-state index in [-0.39, 0.29) is 0 Å². The van der Waals surface area contributed by atoms with Crippen LogP contribution in [0.15, 0.2) is 59.2 Å². The van der Waals surface area contributed by atoms with Gasteiger partial charge in [0.25, 0.3) is 0 Å². The molecule has 0 aliphatic heterocycles. The molecule has 146 valence electrons. The van der Waals surface area contributed by atoms with Gasteiger partial charge in [0.2, 0.25) is 0 Å². The van der Waals surface area contributed by atoms with Gasteiger partial charge >= 0.3 is 0 Å². The number of nitrogens with zero attached hydrogens (tertiary/aromatic N) is 2. The van der Waals surface area contributed by atoms with Crippen molar-refractivity contribution in [2.75, 3.05) is 10.6 Å². The maximum atomic E-state index is 5.94. The lowest BCUT2D eigenvalue weighted by Crippen LogP contribution is -2.19. The van der Waals surface area contributed by atoms with Crippen LogP contribution in [0.5, 0.6) is 0 Å². The Balaban J connectivity index is 1.58. The second kappa shape index (κ2) is 10.0. The predicted octanol–water partition coefficient (Wildman–Crippen LogP) is 6.50. The Morgan fingerprint density at radius 3 is 2.43 bits per heavy atom. The molecule has 28 heavy (non-hydrogen) atoms. The monoisotopic (exact) mass is 476 g/mol. The summed E-state index contributed by atoms with van der Waals surface area (Å²) in [6.07, 6.45) is 5.44. The van der Waals surface area contributed by atoms with Crippen molar-refractivity contribution in [3.63, 3.8) is 0 Å². The highest BCUT2D eigenvalue weighted by molar-refractivity contribution is 9.10. The van der Waals surface area contributed by atoms with Gasteiger partial charge in [0, 0.05) is 16.9 Å². The topological polar surface area (TPSA) is 41.9 Å². The summed E-state index contributed by atoms with van der Waals surface area (Å²) >= 11 is 14.9. The third kappa shape index (κ3) is 6.06. The van der Waals surface area contributed by atoms with Crippen molar-refractivity contribution in [1.29, 1.82) is 0 Å². The van der Waals surface area contributed by atoms with Crippen LogP contribution in [-0.4, -0.2) is 14.9 Å². The summed E-state index contributed by atoms with van der Waals surface area (Å²) in [5.74, 6) is 0.672. The minimum Gasteiger partial charge on any atom is -0.332 e.